The Kier molecular flexibility index (Phi) is 7.09. The van der Waals surface area contributed by atoms with Gasteiger partial charge >= 0.3 is 0 Å². The SMILES string of the molecule is C=CCN(Cc1cccn1Cc1ccc(Br)cc1)C(=O)COc1ccccc1. The number of rotatable bonds is 9. The summed E-state index contributed by atoms with van der Waals surface area (Å²) in [6, 6.07) is 21.7. The van der Waals surface area contributed by atoms with Gasteiger partial charge in [0.15, 0.2) is 6.61 Å². The van der Waals surface area contributed by atoms with Crippen molar-refractivity contribution in [3.8, 4) is 5.75 Å². The van der Waals surface area contributed by atoms with Crippen LogP contribution in [0.2, 0.25) is 0 Å². The Balaban J connectivity index is 1.65. The predicted molar refractivity (Wildman–Crippen MR) is 115 cm³/mol. The Labute approximate surface area is 174 Å². The summed E-state index contributed by atoms with van der Waals surface area (Å²) in [5.41, 5.74) is 2.27. The number of carbonyl (C=O) groups excluding carboxylic acids is 1. The van der Waals surface area contributed by atoms with E-state index in [1.54, 1.807) is 11.0 Å². The molecule has 1 aromatic heterocycles. The van der Waals surface area contributed by atoms with Crippen molar-refractivity contribution in [2.75, 3.05) is 13.2 Å². The largest absolute Gasteiger partial charge is 0.484 e. The van der Waals surface area contributed by atoms with Crippen LogP contribution >= 0.6 is 15.9 Å². The summed E-state index contributed by atoms with van der Waals surface area (Å²) < 4.78 is 8.83. The van der Waals surface area contributed by atoms with Crippen LogP contribution in [0.1, 0.15) is 11.3 Å². The number of hydrogen-bond acceptors (Lipinski definition) is 2. The number of para-hydroxylation sites is 1. The highest BCUT2D eigenvalue weighted by Crippen LogP contribution is 2.15. The quantitative estimate of drug-likeness (QED) is 0.445. The number of hydrogen-bond donors (Lipinski definition) is 0. The van der Waals surface area contributed by atoms with Gasteiger partial charge in [-0.1, -0.05) is 52.3 Å². The van der Waals surface area contributed by atoms with Gasteiger partial charge in [0, 0.05) is 29.5 Å². The van der Waals surface area contributed by atoms with E-state index in [0.717, 1.165) is 16.7 Å². The number of carbonyl (C=O) groups is 1. The van der Waals surface area contributed by atoms with Gasteiger partial charge in [-0.15, -0.1) is 6.58 Å². The first-order valence-corrected chi connectivity index (χ1v) is 9.90. The minimum atomic E-state index is -0.0693. The second-order valence-corrected chi connectivity index (χ2v) is 7.33. The summed E-state index contributed by atoms with van der Waals surface area (Å²) in [6.07, 6.45) is 3.77. The zero-order valence-corrected chi connectivity index (χ0v) is 17.2. The standard InChI is InChI=1S/C23H23BrN2O2/c1-2-14-26(23(27)18-28-22-8-4-3-5-9-22)17-21-7-6-15-25(21)16-19-10-12-20(24)13-11-19/h2-13,15H,1,14,16-18H2. The fourth-order valence-corrected chi connectivity index (χ4v) is 3.16. The van der Waals surface area contributed by atoms with Crippen LogP contribution in [0.3, 0.4) is 0 Å². The molecule has 144 valence electrons. The molecular formula is C23H23BrN2O2. The molecule has 0 fully saturated rings. The maximum absolute atomic E-state index is 12.7. The Bertz CT molecular complexity index is 904. The van der Waals surface area contributed by atoms with Crippen molar-refractivity contribution in [1.82, 2.24) is 9.47 Å². The van der Waals surface area contributed by atoms with Crippen LogP contribution in [-0.4, -0.2) is 28.5 Å². The number of aromatic nitrogens is 1. The van der Waals surface area contributed by atoms with Gasteiger partial charge in [-0.3, -0.25) is 4.79 Å². The van der Waals surface area contributed by atoms with Gasteiger partial charge in [-0.2, -0.15) is 0 Å². The first-order chi connectivity index (χ1) is 13.7. The van der Waals surface area contributed by atoms with Crippen molar-refractivity contribution in [2.24, 2.45) is 0 Å². The molecule has 5 heteroatoms. The van der Waals surface area contributed by atoms with Gasteiger partial charge in [0.2, 0.25) is 0 Å². The molecule has 0 N–H and O–H groups in total. The van der Waals surface area contributed by atoms with Crippen molar-refractivity contribution in [1.29, 1.82) is 0 Å². The molecule has 2 aromatic carbocycles. The van der Waals surface area contributed by atoms with Crippen molar-refractivity contribution < 1.29 is 9.53 Å². The molecular weight excluding hydrogens is 416 g/mol. The highest BCUT2D eigenvalue weighted by Gasteiger charge is 2.15. The van der Waals surface area contributed by atoms with Crippen molar-refractivity contribution in [3.05, 3.63) is 101 Å². The molecule has 0 aliphatic carbocycles. The lowest BCUT2D eigenvalue weighted by molar-refractivity contribution is -0.133. The Morgan fingerprint density at radius 3 is 2.54 bits per heavy atom. The van der Waals surface area contributed by atoms with Crippen LogP contribution in [0.15, 0.2) is 90.1 Å². The molecule has 0 saturated carbocycles. The van der Waals surface area contributed by atoms with Crippen LogP contribution < -0.4 is 4.74 Å². The minimum absolute atomic E-state index is 0.00523. The Morgan fingerprint density at radius 2 is 1.82 bits per heavy atom. The third kappa shape index (κ3) is 5.60. The van der Waals surface area contributed by atoms with Gasteiger partial charge < -0.3 is 14.2 Å². The smallest absolute Gasteiger partial charge is 0.261 e. The first-order valence-electron chi connectivity index (χ1n) is 9.10. The summed E-state index contributed by atoms with van der Waals surface area (Å²) in [4.78, 5) is 14.4. The molecule has 0 unspecified atom stereocenters. The molecule has 28 heavy (non-hydrogen) atoms. The van der Waals surface area contributed by atoms with Crippen LogP contribution in [0.4, 0.5) is 0 Å². The summed E-state index contributed by atoms with van der Waals surface area (Å²) in [5, 5.41) is 0. The molecule has 3 rings (SSSR count). The molecule has 3 aromatic rings. The van der Waals surface area contributed by atoms with Gasteiger partial charge in [0.05, 0.1) is 6.54 Å². The van der Waals surface area contributed by atoms with Crippen LogP contribution in [0, 0.1) is 0 Å². The molecule has 0 saturated heterocycles. The van der Waals surface area contributed by atoms with E-state index in [-0.39, 0.29) is 12.5 Å². The molecule has 0 atom stereocenters. The lowest BCUT2D eigenvalue weighted by Gasteiger charge is -2.22. The van der Waals surface area contributed by atoms with Crippen molar-refractivity contribution >= 4 is 21.8 Å². The molecule has 1 amide bonds. The zero-order valence-electron chi connectivity index (χ0n) is 15.6. The second kappa shape index (κ2) is 9.95. The van der Waals surface area contributed by atoms with Crippen LogP contribution in [0.25, 0.3) is 0 Å². The van der Waals surface area contributed by atoms with Gasteiger partial charge in [0.25, 0.3) is 5.91 Å². The fourth-order valence-electron chi connectivity index (χ4n) is 2.89. The Morgan fingerprint density at radius 1 is 1.07 bits per heavy atom. The highest BCUT2D eigenvalue weighted by atomic mass is 79.9. The molecule has 0 spiro atoms. The number of amides is 1. The van der Waals surface area contributed by atoms with Gasteiger partial charge in [-0.05, 0) is 42.0 Å². The zero-order chi connectivity index (χ0) is 19.8. The summed E-state index contributed by atoms with van der Waals surface area (Å²) in [5.74, 6) is 0.619. The minimum Gasteiger partial charge on any atom is -0.484 e. The number of nitrogens with zero attached hydrogens (tertiary/aromatic N) is 2. The van der Waals surface area contributed by atoms with Gasteiger partial charge in [-0.25, -0.2) is 0 Å². The van der Waals surface area contributed by atoms with E-state index in [0.29, 0.717) is 18.8 Å². The molecule has 1 heterocycles. The number of halogens is 1. The van der Waals surface area contributed by atoms with Gasteiger partial charge in [0.1, 0.15) is 5.75 Å². The van der Waals surface area contributed by atoms with Crippen LogP contribution in [-0.2, 0) is 17.9 Å². The molecule has 4 nitrogen and oxygen atoms in total. The van der Waals surface area contributed by atoms with E-state index in [9.17, 15) is 4.79 Å². The van der Waals surface area contributed by atoms with E-state index < -0.39 is 0 Å². The molecule has 0 radical (unpaired) electrons. The fraction of sp³-hybridized carbons (Fsp3) is 0.174. The van der Waals surface area contributed by atoms with Crippen LogP contribution in [0.5, 0.6) is 5.75 Å². The van der Waals surface area contributed by atoms with E-state index >= 15 is 0 Å². The van der Waals surface area contributed by atoms with E-state index in [2.05, 4.69) is 39.2 Å². The lowest BCUT2D eigenvalue weighted by atomic mass is 10.2. The first kappa shape index (κ1) is 20.0. The third-order valence-corrected chi connectivity index (χ3v) is 4.88. The van der Waals surface area contributed by atoms with E-state index in [1.807, 2.05) is 60.8 Å². The average molecular weight is 439 g/mol. The van der Waals surface area contributed by atoms with Crippen molar-refractivity contribution in [2.45, 2.75) is 13.1 Å². The third-order valence-electron chi connectivity index (χ3n) is 4.35. The maximum atomic E-state index is 12.7. The summed E-state index contributed by atoms with van der Waals surface area (Å²) in [7, 11) is 0. The highest BCUT2D eigenvalue weighted by molar-refractivity contribution is 9.10. The summed E-state index contributed by atoms with van der Waals surface area (Å²) in [6.45, 7) is 5.52. The lowest BCUT2D eigenvalue weighted by Crippen LogP contribution is -2.35. The predicted octanol–water partition coefficient (Wildman–Crippen LogP) is 4.89. The topological polar surface area (TPSA) is 34.5 Å². The maximum Gasteiger partial charge on any atom is 0.261 e. The molecule has 0 bridgehead atoms. The second-order valence-electron chi connectivity index (χ2n) is 6.42. The van der Waals surface area contributed by atoms with E-state index in [1.165, 1.54) is 5.56 Å². The molecule has 0 aliphatic rings. The van der Waals surface area contributed by atoms with Crippen molar-refractivity contribution in [3.63, 3.8) is 0 Å². The number of ether oxygens (including phenoxy) is 1. The normalized spacial score (nSPS) is 10.5. The Hall–Kier alpha value is -2.79. The van der Waals surface area contributed by atoms with E-state index in [4.69, 9.17) is 4.74 Å². The summed E-state index contributed by atoms with van der Waals surface area (Å²) >= 11 is 3.46. The molecule has 0 aliphatic heterocycles. The average Bonchev–Trinajstić information content (AvgIpc) is 3.15. The number of benzene rings is 2. The monoisotopic (exact) mass is 438 g/mol.